The van der Waals surface area contributed by atoms with E-state index in [-0.39, 0.29) is 17.1 Å². The maximum absolute atomic E-state index is 13.9. The number of pyridine rings is 1. The molecule has 2 heterocycles. The second-order valence-corrected chi connectivity index (χ2v) is 4.13. The largest absolute Gasteiger partial charge is 0.380 e. The summed E-state index contributed by atoms with van der Waals surface area (Å²) < 4.78 is 32.2. The lowest BCUT2D eigenvalue weighted by atomic mass is 10.0. The van der Waals surface area contributed by atoms with Crippen LogP contribution in [0.1, 0.15) is 0 Å². The molecule has 0 unspecified atom stereocenters. The zero-order chi connectivity index (χ0) is 14.1. The van der Waals surface area contributed by atoms with Crippen molar-refractivity contribution in [2.45, 2.75) is 0 Å². The van der Waals surface area contributed by atoms with Crippen LogP contribution in [-0.4, -0.2) is 10.1 Å². The van der Waals surface area contributed by atoms with Gasteiger partial charge in [0.2, 0.25) is 0 Å². The fourth-order valence-electron chi connectivity index (χ4n) is 1.96. The summed E-state index contributed by atoms with van der Waals surface area (Å²) in [5.74, 6) is -0.990. The van der Waals surface area contributed by atoms with E-state index in [0.717, 1.165) is 18.2 Å². The van der Waals surface area contributed by atoms with Crippen LogP contribution < -0.4 is 5.73 Å². The van der Waals surface area contributed by atoms with Crippen molar-refractivity contribution in [2.24, 2.45) is 0 Å². The molecule has 4 nitrogen and oxygen atoms in total. The predicted molar refractivity (Wildman–Crippen MR) is 69.5 cm³/mol. The molecule has 0 aliphatic heterocycles. The Balaban J connectivity index is 2.24. The van der Waals surface area contributed by atoms with Gasteiger partial charge in [0.1, 0.15) is 11.6 Å². The van der Waals surface area contributed by atoms with Crippen LogP contribution in [0, 0.1) is 11.6 Å². The van der Waals surface area contributed by atoms with Gasteiger partial charge in [-0.3, -0.25) is 4.98 Å². The molecular weight excluding hydrogens is 264 g/mol. The Kier molecular flexibility index (Phi) is 2.90. The van der Waals surface area contributed by atoms with Crippen LogP contribution in [0.3, 0.4) is 0 Å². The van der Waals surface area contributed by atoms with E-state index in [2.05, 4.69) is 10.1 Å². The van der Waals surface area contributed by atoms with Crippen molar-refractivity contribution in [3.8, 4) is 22.5 Å². The molecule has 3 rings (SSSR count). The van der Waals surface area contributed by atoms with Gasteiger partial charge in [-0.2, -0.15) is 0 Å². The van der Waals surface area contributed by atoms with Gasteiger partial charge in [0, 0.05) is 12.4 Å². The molecule has 3 aromatic rings. The Hall–Kier alpha value is -2.76. The van der Waals surface area contributed by atoms with E-state index in [1.807, 2.05) is 0 Å². The van der Waals surface area contributed by atoms with Gasteiger partial charge in [0.25, 0.3) is 0 Å². The molecule has 0 saturated carbocycles. The average molecular weight is 273 g/mol. The number of halogens is 2. The molecule has 0 radical (unpaired) electrons. The molecule has 2 N–H and O–H groups in total. The van der Waals surface area contributed by atoms with Gasteiger partial charge in [-0.05, 0) is 35.9 Å². The molecule has 0 saturated heterocycles. The van der Waals surface area contributed by atoms with Crippen molar-refractivity contribution in [3.05, 3.63) is 54.4 Å². The van der Waals surface area contributed by atoms with E-state index >= 15 is 0 Å². The van der Waals surface area contributed by atoms with Gasteiger partial charge in [0.15, 0.2) is 11.6 Å². The van der Waals surface area contributed by atoms with Crippen LogP contribution in [0.5, 0.6) is 0 Å². The zero-order valence-corrected chi connectivity index (χ0v) is 10.2. The van der Waals surface area contributed by atoms with Crippen molar-refractivity contribution in [3.63, 3.8) is 0 Å². The first-order valence-corrected chi connectivity index (χ1v) is 5.78. The first kappa shape index (κ1) is 12.3. The van der Waals surface area contributed by atoms with Gasteiger partial charge in [-0.25, -0.2) is 8.78 Å². The number of aromatic nitrogens is 2. The SMILES string of the molecule is Nc1noc(-c2cc(F)ccc2F)c1-c1ccncc1. The Morgan fingerprint density at radius 1 is 1.05 bits per heavy atom. The minimum absolute atomic E-state index is 0.0268. The summed E-state index contributed by atoms with van der Waals surface area (Å²) in [6.45, 7) is 0. The topological polar surface area (TPSA) is 64.9 Å². The molecule has 0 fully saturated rings. The van der Waals surface area contributed by atoms with E-state index in [9.17, 15) is 8.78 Å². The molecule has 0 bridgehead atoms. The van der Waals surface area contributed by atoms with Crippen molar-refractivity contribution < 1.29 is 13.3 Å². The molecular formula is C14H9F2N3O. The van der Waals surface area contributed by atoms with Gasteiger partial charge >= 0.3 is 0 Å². The second-order valence-electron chi connectivity index (χ2n) is 4.13. The fraction of sp³-hybridized carbons (Fsp3) is 0. The van der Waals surface area contributed by atoms with Crippen molar-refractivity contribution in [1.29, 1.82) is 0 Å². The van der Waals surface area contributed by atoms with E-state index in [4.69, 9.17) is 10.3 Å². The number of rotatable bonds is 2. The third kappa shape index (κ3) is 2.01. The summed E-state index contributed by atoms with van der Waals surface area (Å²) in [7, 11) is 0. The number of anilines is 1. The zero-order valence-electron chi connectivity index (χ0n) is 10.2. The van der Waals surface area contributed by atoms with Crippen molar-refractivity contribution in [2.75, 3.05) is 5.73 Å². The number of benzene rings is 1. The summed E-state index contributed by atoms with van der Waals surface area (Å²) >= 11 is 0. The Labute approximate surface area is 112 Å². The van der Waals surface area contributed by atoms with Crippen LogP contribution in [0.4, 0.5) is 14.6 Å². The summed E-state index contributed by atoms with van der Waals surface area (Å²) in [5.41, 5.74) is 6.81. The highest BCUT2D eigenvalue weighted by molar-refractivity contribution is 5.86. The molecule has 6 heteroatoms. The van der Waals surface area contributed by atoms with E-state index < -0.39 is 11.6 Å². The van der Waals surface area contributed by atoms with Gasteiger partial charge in [-0.1, -0.05) is 5.16 Å². The molecule has 0 atom stereocenters. The standard InChI is InChI=1S/C14H9F2N3O/c15-9-1-2-11(16)10(7-9)13-12(14(17)19-20-13)8-3-5-18-6-4-8/h1-7H,(H2,17,19). The first-order chi connectivity index (χ1) is 9.66. The summed E-state index contributed by atoms with van der Waals surface area (Å²) in [4.78, 5) is 3.89. The summed E-state index contributed by atoms with van der Waals surface area (Å²) in [6.07, 6.45) is 3.13. The third-order valence-corrected chi connectivity index (χ3v) is 2.86. The van der Waals surface area contributed by atoms with Crippen molar-refractivity contribution >= 4 is 5.82 Å². The molecule has 20 heavy (non-hydrogen) atoms. The molecule has 0 aliphatic rings. The number of hydrogen-bond donors (Lipinski definition) is 1. The smallest absolute Gasteiger partial charge is 0.179 e. The van der Waals surface area contributed by atoms with Crippen LogP contribution in [0.2, 0.25) is 0 Å². The monoisotopic (exact) mass is 273 g/mol. The Morgan fingerprint density at radius 2 is 1.80 bits per heavy atom. The van der Waals surface area contributed by atoms with E-state index in [1.165, 1.54) is 0 Å². The number of hydrogen-bond acceptors (Lipinski definition) is 4. The predicted octanol–water partition coefficient (Wildman–Crippen LogP) is 3.26. The molecule has 100 valence electrons. The fourth-order valence-corrected chi connectivity index (χ4v) is 1.96. The highest BCUT2D eigenvalue weighted by Gasteiger charge is 2.20. The Morgan fingerprint density at radius 3 is 2.55 bits per heavy atom. The summed E-state index contributed by atoms with van der Waals surface area (Å²) in [6, 6.07) is 6.47. The lowest BCUT2D eigenvalue weighted by Crippen LogP contribution is -1.91. The van der Waals surface area contributed by atoms with Crippen LogP contribution in [0.25, 0.3) is 22.5 Å². The highest BCUT2D eigenvalue weighted by atomic mass is 19.1. The number of nitrogens with two attached hydrogens (primary N) is 1. The average Bonchev–Trinajstić information content (AvgIpc) is 2.84. The van der Waals surface area contributed by atoms with Gasteiger partial charge in [0.05, 0.1) is 11.1 Å². The molecule has 0 amide bonds. The highest BCUT2D eigenvalue weighted by Crippen LogP contribution is 2.37. The number of nitrogens with zero attached hydrogens (tertiary/aromatic N) is 2. The summed E-state index contributed by atoms with van der Waals surface area (Å²) in [5, 5.41) is 3.63. The lowest BCUT2D eigenvalue weighted by Gasteiger charge is -2.03. The maximum Gasteiger partial charge on any atom is 0.179 e. The third-order valence-electron chi connectivity index (χ3n) is 2.86. The Bertz CT molecular complexity index is 756. The molecule has 1 aromatic carbocycles. The molecule has 2 aromatic heterocycles. The minimum atomic E-state index is -0.613. The quantitative estimate of drug-likeness (QED) is 0.778. The van der Waals surface area contributed by atoms with Crippen molar-refractivity contribution in [1.82, 2.24) is 10.1 Å². The van der Waals surface area contributed by atoms with Gasteiger partial charge in [-0.15, -0.1) is 0 Å². The molecule has 0 spiro atoms. The van der Waals surface area contributed by atoms with Crippen LogP contribution >= 0.6 is 0 Å². The minimum Gasteiger partial charge on any atom is -0.380 e. The second kappa shape index (κ2) is 4.73. The van der Waals surface area contributed by atoms with Gasteiger partial charge < -0.3 is 10.3 Å². The van der Waals surface area contributed by atoms with Crippen LogP contribution in [-0.2, 0) is 0 Å². The lowest BCUT2D eigenvalue weighted by molar-refractivity contribution is 0.433. The van der Waals surface area contributed by atoms with E-state index in [1.54, 1.807) is 24.5 Å². The number of nitrogen functional groups attached to an aromatic ring is 1. The van der Waals surface area contributed by atoms with Crippen LogP contribution in [0.15, 0.2) is 47.2 Å². The maximum atomic E-state index is 13.9. The first-order valence-electron chi connectivity index (χ1n) is 5.78. The normalized spacial score (nSPS) is 10.7. The molecule has 0 aliphatic carbocycles. The van der Waals surface area contributed by atoms with E-state index in [0.29, 0.717) is 11.1 Å².